The second-order valence-corrected chi connectivity index (χ2v) is 31.3. The molecule has 16 aliphatic carbocycles. The zero-order valence-corrected chi connectivity index (χ0v) is 44.1. The van der Waals surface area contributed by atoms with Gasteiger partial charge in [-0.25, -0.2) is 0 Å². The number of hydrogen-bond acceptors (Lipinski definition) is 6. The molecule has 0 aromatic heterocycles. The Bertz CT molecular complexity index is 2720. The fourth-order valence-electron chi connectivity index (χ4n) is 25.1. The predicted molar refractivity (Wildman–Crippen MR) is 287 cm³/mol. The highest BCUT2D eigenvalue weighted by atomic mass is 16.5. The summed E-state index contributed by atoms with van der Waals surface area (Å²) in [5.74, 6) is 9.83. The second kappa shape index (κ2) is 14.0. The van der Waals surface area contributed by atoms with Crippen LogP contribution in [0.2, 0.25) is 0 Å². The smallest absolute Gasteiger partial charge is 0.142 e. The van der Waals surface area contributed by atoms with Gasteiger partial charge >= 0.3 is 0 Å². The van der Waals surface area contributed by atoms with Gasteiger partial charge < -0.3 is 31.2 Å². The van der Waals surface area contributed by atoms with Crippen LogP contribution < -0.4 is 20.9 Å². The van der Waals surface area contributed by atoms with Crippen LogP contribution in [0.1, 0.15) is 204 Å². The maximum absolute atomic E-state index is 11.6. The number of fused-ring (bicyclic) bond motifs is 1. The van der Waals surface area contributed by atoms with Gasteiger partial charge in [0.1, 0.15) is 34.5 Å². The van der Waals surface area contributed by atoms with Crippen molar-refractivity contribution in [2.45, 2.75) is 203 Å². The zero-order valence-electron chi connectivity index (χ0n) is 44.1. The molecule has 0 amide bonds. The van der Waals surface area contributed by atoms with Crippen molar-refractivity contribution in [2.75, 3.05) is 11.5 Å². The van der Waals surface area contributed by atoms with Crippen LogP contribution in [0.3, 0.4) is 0 Å². The van der Waals surface area contributed by atoms with Gasteiger partial charge in [-0.3, -0.25) is 0 Å². The molecule has 20 rings (SSSR count). The Hall–Kier alpha value is -4.06. The van der Waals surface area contributed by atoms with E-state index in [1.165, 1.54) is 182 Å². The summed E-state index contributed by atoms with van der Waals surface area (Å²) in [6.45, 7) is 10.4. The Morgan fingerprint density at radius 2 is 0.625 bits per heavy atom. The maximum Gasteiger partial charge on any atom is 0.142 e. The lowest BCUT2D eigenvalue weighted by atomic mass is 9.39. The Balaban J connectivity index is 0.904. The quantitative estimate of drug-likeness (QED) is 0.103. The van der Waals surface area contributed by atoms with Gasteiger partial charge in [0.15, 0.2) is 0 Å². The van der Waals surface area contributed by atoms with Crippen molar-refractivity contribution in [1.29, 1.82) is 0 Å². The molecule has 16 bridgehead atoms. The van der Waals surface area contributed by atoms with E-state index in [1.54, 1.807) is 0 Å². The van der Waals surface area contributed by atoms with E-state index in [4.69, 9.17) is 20.9 Å². The van der Waals surface area contributed by atoms with Crippen LogP contribution in [0.25, 0.3) is 10.8 Å². The Kier molecular flexibility index (Phi) is 8.63. The Morgan fingerprint density at radius 1 is 0.347 bits per heavy atom. The lowest BCUT2D eigenvalue weighted by Gasteiger charge is -2.66. The molecular weight excluding hydrogens is 885 g/mol. The topological polar surface area (TPSA) is 111 Å². The molecule has 4 unspecified atom stereocenters. The highest BCUT2D eigenvalue weighted by molar-refractivity contribution is 5.89. The minimum atomic E-state index is 0.00831. The third-order valence-corrected chi connectivity index (χ3v) is 24.3. The number of rotatable bonds is 8. The molecule has 4 atom stereocenters. The molecule has 6 heteroatoms. The molecule has 380 valence electrons. The number of anilines is 2. The normalized spacial score (nSPS) is 46.2. The van der Waals surface area contributed by atoms with Crippen molar-refractivity contribution in [3.05, 3.63) is 70.8 Å². The van der Waals surface area contributed by atoms with Crippen molar-refractivity contribution < 1.29 is 19.7 Å². The fraction of sp³-hybridized carbons (Fsp3) is 0.667. The van der Waals surface area contributed by atoms with Crippen molar-refractivity contribution in [3.8, 4) is 34.5 Å². The van der Waals surface area contributed by atoms with Gasteiger partial charge in [-0.05, 0) is 281 Å². The molecule has 6 nitrogen and oxygen atoms in total. The average Bonchev–Trinajstić information content (AvgIpc) is 3.25. The Labute approximate surface area is 429 Å². The van der Waals surface area contributed by atoms with E-state index in [0.717, 1.165) is 75.7 Å². The summed E-state index contributed by atoms with van der Waals surface area (Å²) >= 11 is 0. The van der Waals surface area contributed by atoms with Gasteiger partial charge in [-0.1, -0.05) is 27.7 Å². The van der Waals surface area contributed by atoms with Gasteiger partial charge in [-0.15, -0.1) is 0 Å². The van der Waals surface area contributed by atoms with Crippen molar-refractivity contribution in [3.63, 3.8) is 0 Å². The Morgan fingerprint density at radius 3 is 0.944 bits per heavy atom. The lowest BCUT2D eigenvalue weighted by molar-refractivity contribution is -0.110. The summed E-state index contributed by atoms with van der Waals surface area (Å²) in [5, 5.41) is 25.6. The molecular formula is C66H82N2O4. The van der Waals surface area contributed by atoms with Crippen LogP contribution in [0.15, 0.2) is 48.5 Å². The van der Waals surface area contributed by atoms with Crippen LogP contribution in [-0.2, 0) is 21.7 Å². The molecule has 4 aromatic rings. The van der Waals surface area contributed by atoms with Crippen molar-refractivity contribution in [1.82, 2.24) is 0 Å². The molecule has 0 heterocycles. The monoisotopic (exact) mass is 967 g/mol. The number of hydrogen-bond donors (Lipinski definition) is 4. The van der Waals surface area contributed by atoms with Crippen molar-refractivity contribution in [2.24, 2.45) is 69.0 Å². The summed E-state index contributed by atoms with van der Waals surface area (Å²) in [6.07, 6.45) is 30.6. The van der Waals surface area contributed by atoms with E-state index in [1.807, 2.05) is 12.1 Å². The van der Waals surface area contributed by atoms with E-state index >= 15 is 0 Å². The number of ether oxygens (including phenoxy) is 2. The van der Waals surface area contributed by atoms with Gasteiger partial charge in [-0.2, -0.15) is 0 Å². The number of nitrogens with two attached hydrogens (primary N) is 2. The summed E-state index contributed by atoms with van der Waals surface area (Å²) in [6, 6.07) is 18.1. The first-order chi connectivity index (χ1) is 34.2. The van der Waals surface area contributed by atoms with E-state index < -0.39 is 0 Å². The molecule has 0 aliphatic heterocycles. The zero-order chi connectivity index (χ0) is 48.7. The van der Waals surface area contributed by atoms with Gasteiger partial charge in [0.25, 0.3) is 0 Å². The van der Waals surface area contributed by atoms with Crippen LogP contribution in [0, 0.1) is 69.0 Å². The molecule has 4 aromatic carbocycles. The molecule has 16 saturated carbocycles. The fourth-order valence-corrected chi connectivity index (χ4v) is 25.1. The summed E-state index contributed by atoms with van der Waals surface area (Å²) in [7, 11) is 0. The second-order valence-electron chi connectivity index (χ2n) is 31.3. The van der Waals surface area contributed by atoms with E-state index in [9.17, 15) is 10.2 Å². The summed E-state index contributed by atoms with van der Waals surface area (Å²) < 4.78 is 15.5. The first-order valence-electron chi connectivity index (χ1n) is 29.5. The number of phenols is 2. The number of nitrogen functional groups attached to an aromatic ring is 2. The van der Waals surface area contributed by atoms with E-state index in [0.29, 0.717) is 33.0 Å². The third kappa shape index (κ3) is 6.43. The molecule has 16 aliphatic rings. The van der Waals surface area contributed by atoms with Gasteiger partial charge in [0, 0.05) is 45.2 Å². The summed E-state index contributed by atoms with van der Waals surface area (Å²) in [5.41, 5.74) is 21.0. The minimum absolute atomic E-state index is 0.00831. The van der Waals surface area contributed by atoms with Crippen molar-refractivity contribution >= 4 is 22.1 Å². The predicted octanol–water partition coefficient (Wildman–Crippen LogP) is 16.4. The highest BCUT2D eigenvalue weighted by Crippen LogP contribution is 2.74. The molecule has 16 fully saturated rings. The number of aromatic hydroxyl groups is 2. The van der Waals surface area contributed by atoms with Crippen LogP contribution >= 0.6 is 0 Å². The first kappa shape index (κ1) is 44.3. The number of phenolic OH excluding ortho intramolecular Hbond substituents is 2. The van der Waals surface area contributed by atoms with Gasteiger partial charge in [0.2, 0.25) is 0 Å². The standard InChI is InChI=1S/C66H82N2O4/c1-59-19-43-20-60(2,31-59)34-65(29-43,33-59)47-11-45-12-48(66-30-44-21-61(3,35-66)32-62(4,22-44)36-66)56(72-58-18-54(70)52(68)16-50(58)64-26-40-8-41(27-64)10-42(9-40)28-64)14-46(45)13-55(47)71-57-17-53(69)51(67)15-49(57)63-23-37-5-38(24-63)7-39(6-37)25-63/h11-18,37-44,69-70H,5-10,19-36,67-68H2,1-4H3. The summed E-state index contributed by atoms with van der Waals surface area (Å²) in [4.78, 5) is 0. The van der Waals surface area contributed by atoms with E-state index in [2.05, 4.69) is 64.1 Å². The molecule has 72 heavy (non-hydrogen) atoms. The molecule has 6 N–H and O–H groups in total. The molecule has 0 spiro atoms. The van der Waals surface area contributed by atoms with Crippen LogP contribution in [0.4, 0.5) is 11.4 Å². The lowest BCUT2D eigenvalue weighted by Crippen LogP contribution is -2.57. The third-order valence-electron chi connectivity index (χ3n) is 24.3. The SMILES string of the molecule is CC12CC3CC(C)(C1)CC(c1cc4cc(C56CC7CC(C)(CC(C)(C7)C5)C6)c(Oc5cc(O)c(N)cc5C56CC7CC(CC(C7)C5)C6)cc4cc1Oc1cc(O)c(N)cc1C14CC5CC(CC(C5)C1)C4)(C3)C2. The van der Waals surface area contributed by atoms with E-state index in [-0.39, 0.29) is 33.2 Å². The molecule has 0 radical (unpaired) electrons. The van der Waals surface area contributed by atoms with Crippen LogP contribution in [0.5, 0.6) is 34.5 Å². The largest absolute Gasteiger partial charge is 0.506 e. The maximum atomic E-state index is 11.6. The number of benzene rings is 4. The highest BCUT2D eigenvalue weighted by Gasteiger charge is 2.63. The van der Waals surface area contributed by atoms with Crippen LogP contribution in [-0.4, -0.2) is 10.2 Å². The van der Waals surface area contributed by atoms with Gasteiger partial charge in [0.05, 0.1) is 11.4 Å². The average molecular weight is 967 g/mol. The minimum Gasteiger partial charge on any atom is -0.506 e. The molecule has 0 saturated heterocycles. The first-order valence-corrected chi connectivity index (χ1v) is 29.5.